The number of carbonyl (C=O) groups is 1. The molecule has 2 unspecified atom stereocenters. The lowest BCUT2D eigenvalue weighted by atomic mass is 10.1. The summed E-state index contributed by atoms with van der Waals surface area (Å²) in [6, 6.07) is 0. The third-order valence-electron chi connectivity index (χ3n) is 2.57. The quantitative estimate of drug-likeness (QED) is 0.706. The van der Waals surface area contributed by atoms with Crippen LogP contribution in [-0.2, 0) is 9.53 Å². The zero-order chi connectivity index (χ0) is 10.6. The average Bonchev–Trinajstić information content (AvgIpc) is 2.69. The Labute approximate surface area is 85.4 Å². The minimum atomic E-state index is -0.204. The monoisotopic (exact) mass is 200 g/mol. The standard InChI is InChI=1S/C10H20N2O2/c1-8(6-11)7-12(2)10(13)9-4-3-5-14-9/h8-9H,3-7,11H2,1-2H3. The molecule has 4 heteroatoms. The molecule has 1 amide bonds. The van der Waals surface area contributed by atoms with E-state index in [0.717, 1.165) is 26.0 Å². The molecule has 2 N–H and O–H groups in total. The summed E-state index contributed by atoms with van der Waals surface area (Å²) < 4.78 is 5.33. The van der Waals surface area contributed by atoms with Gasteiger partial charge in [-0.2, -0.15) is 0 Å². The number of amides is 1. The summed E-state index contributed by atoms with van der Waals surface area (Å²) in [5, 5.41) is 0. The number of rotatable bonds is 4. The van der Waals surface area contributed by atoms with Crippen LogP contribution in [0, 0.1) is 5.92 Å². The Balaban J connectivity index is 2.35. The molecule has 1 aliphatic rings. The first kappa shape index (κ1) is 11.5. The maximum absolute atomic E-state index is 11.8. The van der Waals surface area contributed by atoms with Crippen molar-refractivity contribution < 1.29 is 9.53 Å². The number of carbonyl (C=O) groups excluding carboxylic acids is 1. The van der Waals surface area contributed by atoms with Gasteiger partial charge >= 0.3 is 0 Å². The molecule has 0 saturated carbocycles. The number of hydrogen-bond donors (Lipinski definition) is 1. The Morgan fingerprint density at radius 2 is 2.43 bits per heavy atom. The third-order valence-corrected chi connectivity index (χ3v) is 2.57. The third kappa shape index (κ3) is 2.96. The molecule has 1 aliphatic heterocycles. The Bertz CT molecular complexity index is 191. The van der Waals surface area contributed by atoms with Gasteiger partial charge in [-0.05, 0) is 25.3 Å². The maximum Gasteiger partial charge on any atom is 0.251 e. The van der Waals surface area contributed by atoms with Crippen LogP contribution < -0.4 is 5.73 Å². The molecule has 1 saturated heterocycles. The summed E-state index contributed by atoms with van der Waals surface area (Å²) >= 11 is 0. The number of nitrogens with two attached hydrogens (primary N) is 1. The SMILES string of the molecule is CC(CN)CN(C)C(=O)C1CCCO1. The topological polar surface area (TPSA) is 55.6 Å². The number of likely N-dealkylation sites (N-methyl/N-ethyl adjacent to an activating group) is 1. The van der Waals surface area contributed by atoms with Crippen molar-refractivity contribution in [3.8, 4) is 0 Å². The van der Waals surface area contributed by atoms with E-state index < -0.39 is 0 Å². The van der Waals surface area contributed by atoms with E-state index in [4.69, 9.17) is 10.5 Å². The molecule has 1 rings (SSSR count). The Kier molecular flexibility index (Phi) is 4.35. The van der Waals surface area contributed by atoms with E-state index in [1.165, 1.54) is 0 Å². The summed E-state index contributed by atoms with van der Waals surface area (Å²) in [5.41, 5.74) is 5.50. The van der Waals surface area contributed by atoms with Gasteiger partial charge in [-0.3, -0.25) is 4.79 Å². The van der Waals surface area contributed by atoms with Crippen LogP contribution in [0.3, 0.4) is 0 Å². The van der Waals surface area contributed by atoms with Gasteiger partial charge in [-0.15, -0.1) is 0 Å². The predicted molar refractivity (Wildman–Crippen MR) is 54.8 cm³/mol. The van der Waals surface area contributed by atoms with Crippen LogP contribution in [0.25, 0.3) is 0 Å². The number of nitrogens with zero attached hydrogens (tertiary/aromatic N) is 1. The highest BCUT2D eigenvalue weighted by Crippen LogP contribution is 2.14. The molecular weight excluding hydrogens is 180 g/mol. The first-order chi connectivity index (χ1) is 6.65. The normalized spacial score (nSPS) is 23.5. The number of ether oxygens (including phenoxy) is 1. The highest BCUT2D eigenvalue weighted by Gasteiger charge is 2.26. The number of hydrogen-bond acceptors (Lipinski definition) is 3. The summed E-state index contributed by atoms with van der Waals surface area (Å²) in [5.74, 6) is 0.452. The highest BCUT2D eigenvalue weighted by atomic mass is 16.5. The lowest BCUT2D eigenvalue weighted by Crippen LogP contribution is -2.39. The van der Waals surface area contributed by atoms with Crippen LogP contribution >= 0.6 is 0 Å². The van der Waals surface area contributed by atoms with Gasteiger partial charge in [0.05, 0.1) is 0 Å². The fourth-order valence-electron chi connectivity index (χ4n) is 1.65. The first-order valence-electron chi connectivity index (χ1n) is 5.21. The molecule has 0 radical (unpaired) electrons. The van der Waals surface area contributed by atoms with Crippen molar-refractivity contribution in [2.24, 2.45) is 11.7 Å². The van der Waals surface area contributed by atoms with E-state index in [-0.39, 0.29) is 12.0 Å². The molecular formula is C10H20N2O2. The molecule has 14 heavy (non-hydrogen) atoms. The van der Waals surface area contributed by atoms with Gasteiger partial charge in [-0.1, -0.05) is 6.92 Å². The minimum absolute atomic E-state index is 0.0998. The van der Waals surface area contributed by atoms with E-state index in [2.05, 4.69) is 0 Å². The zero-order valence-electron chi connectivity index (χ0n) is 9.03. The van der Waals surface area contributed by atoms with Crippen molar-refractivity contribution in [1.29, 1.82) is 0 Å². The van der Waals surface area contributed by atoms with Crippen molar-refractivity contribution in [1.82, 2.24) is 4.90 Å². The molecule has 1 heterocycles. The second-order valence-corrected chi connectivity index (χ2v) is 4.06. The molecule has 0 aromatic rings. The van der Waals surface area contributed by atoms with Gasteiger partial charge in [0.15, 0.2) is 0 Å². The first-order valence-corrected chi connectivity index (χ1v) is 5.21. The summed E-state index contributed by atoms with van der Waals surface area (Å²) in [4.78, 5) is 13.5. The maximum atomic E-state index is 11.8. The smallest absolute Gasteiger partial charge is 0.251 e. The van der Waals surface area contributed by atoms with Gasteiger partial charge in [0.1, 0.15) is 6.10 Å². The van der Waals surface area contributed by atoms with E-state index >= 15 is 0 Å². The highest BCUT2D eigenvalue weighted by molar-refractivity contribution is 5.80. The average molecular weight is 200 g/mol. The van der Waals surface area contributed by atoms with Gasteiger partial charge in [-0.25, -0.2) is 0 Å². The summed E-state index contributed by atoms with van der Waals surface area (Å²) in [6.07, 6.45) is 1.65. The van der Waals surface area contributed by atoms with Crippen molar-refractivity contribution >= 4 is 5.91 Å². The van der Waals surface area contributed by atoms with Crippen molar-refractivity contribution in [3.05, 3.63) is 0 Å². The van der Waals surface area contributed by atoms with Crippen LogP contribution in [0.2, 0.25) is 0 Å². The van der Waals surface area contributed by atoms with E-state index in [1.807, 2.05) is 14.0 Å². The Morgan fingerprint density at radius 3 is 2.93 bits per heavy atom. The lowest BCUT2D eigenvalue weighted by molar-refractivity contribution is -0.140. The van der Waals surface area contributed by atoms with Crippen molar-refractivity contribution in [2.75, 3.05) is 26.7 Å². The Morgan fingerprint density at radius 1 is 1.71 bits per heavy atom. The minimum Gasteiger partial charge on any atom is -0.368 e. The van der Waals surface area contributed by atoms with Crippen LogP contribution in [0.5, 0.6) is 0 Å². The van der Waals surface area contributed by atoms with Gasteiger partial charge in [0.25, 0.3) is 5.91 Å². The molecule has 0 aromatic heterocycles. The zero-order valence-corrected chi connectivity index (χ0v) is 9.03. The van der Waals surface area contributed by atoms with E-state index in [0.29, 0.717) is 12.5 Å². The molecule has 2 atom stereocenters. The molecule has 82 valence electrons. The second kappa shape index (κ2) is 5.32. The fraction of sp³-hybridized carbons (Fsp3) is 0.900. The van der Waals surface area contributed by atoms with Gasteiger partial charge in [0.2, 0.25) is 0 Å². The van der Waals surface area contributed by atoms with Crippen molar-refractivity contribution in [2.45, 2.75) is 25.9 Å². The van der Waals surface area contributed by atoms with Gasteiger partial charge < -0.3 is 15.4 Å². The van der Waals surface area contributed by atoms with Crippen molar-refractivity contribution in [3.63, 3.8) is 0 Å². The molecule has 0 bridgehead atoms. The largest absolute Gasteiger partial charge is 0.368 e. The fourth-order valence-corrected chi connectivity index (χ4v) is 1.65. The second-order valence-electron chi connectivity index (χ2n) is 4.06. The predicted octanol–water partition coefficient (Wildman–Crippen LogP) is 0.219. The Hall–Kier alpha value is -0.610. The molecule has 4 nitrogen and oxygen atoms in total. The van der Waals surface area contributed by atoms with E-state index in [9.17, 15) is 4.79 Å². The van der Waals surface area contributed by atoms with E-state index in [1.54, 1.807) is 4.90 Å². The molecule has 0 spiro atoms. The molecule has 0 aromatic carbocycles. The van der Waals surface area contributed by atoms with Crippen LogP contribution in [-0.4, -0.2) is 43.7 Å². The van der Waals surface area contributed by atoms with Gasteiger partial charge in [0, 0.05) is 20.2 Å². The summed E-state index contributed by atoms with van der Waals surface area (Å²) in [7, 11) is 1.82. The molecule has 1 fully saturated rings. The van der Waals surface area contributed by atoms with Crippen LogP contribution in [0.15, 0.2) is 0 Å². The molecule has 0 aliphatic carbocycles. The van der Waals surface area contributed by atoms with Crippen LogP contribution in [0.1, 0.15) is 19.8 Å². The lowest BCUT2D eigenvalue weighted by Gasteiger charge is -2.23. The van der Waals surface area contributed by atoms with Crippen LogP contribution in [0.4, 0.5) is 0 Å². The summed E-state index contributed by atoms with van der Waals surface area (Å²) in [6.45, 7) is 4.09.